The van der Waals surface area contributed by atoms with Crippen LogP contribution in [0.25, 0.3) is 22.1 Å². The molecular weight excluding hydrogens is 825 g/mol. The molecule has 63 heavy (non-hydrogen) atoms. The number of ether oxygens (including phenoxy) is 2. The molecule has 6 aromatic rings. The first kappa shape index (κ1) is 43.2. The minimum absolute atomic E-state index is 0.202. The quantitative estimate of drug-likeness (QED) is 0.0813. The number of amides is 3. The van der Waals surface area contributed by atoms with Crippen LogP contribution in [0.1, 0.15) is 79.8 Å². The van der Waals surface area contributed by atoms with Gasteiger partial charge in [-0.3, -0.25) is 39.2 Å². The lowest BCUT2D eigenvalue weighted by Gasteiger charge is -2.25. The summed E-state index contributed by atoms with van der Waals surface area (Å²) >= 11 is 1.97. The zero-order chi connectivity index (χ0) is 44.0. The molecule has 8 rings (SSSR count). The number of anilines is 2. The Bertz CT molecular complexity index is 2710. The summed E-state index contributed by atoms with van der Waals surface area (Å²) in [6.07, 6.45) is 5.80. The maximum Gasteiger partial charge on any atom is 0.276 e. The molecule has 1 saturated heterocycles. The molecule has 18 nitrogen and oxygen atoms in total. The summed E-state index contributed by atoms with van der Waals surface area (Å²) in [4.78, 5) is 65.5. The average Bonchev–Trinajstić information content (AvgIpc) is 4.05. The van der Waals surface area contributed by atoms with Crippen LogP contribution >= 0.6 is 11.8 Å². The Morgan fingerprint density at radius 2 is 1.30 bits per heavy atom. The molecule has 0 radical (unpaired) electrons. The summed E-state index contributed by atoms with van der Waals surface area (Å²) in [6, 6.07) is 10.2. The number of nitrogens with zero attached hydrogens (tertiary/aromatic N) is 9. The molecule has 3 N–H and O–H groups in total. The standard InChI is InChI=1S/C44H52N12O6S/c1-5-55-34(21-28(3)50-55)41(59)48-43-46-32-23-30(27-57)24-36-38(32)53(43)13-7-8-14-54-39-33(47-44(54)49-42(60)35-22-29(4)51-56(35)6-2)25-31(26-37(39)62-18-10-17-61-36)40(58)45-11-9-12-52-15-19-63-20-16-52/h7-8,21-27H,5-6,9-20H2,1-4H3,(H,45,58)(H,46,48,59)(H,47,49,60)/b8-7+. The molecule has 0 atom stereocenters. The molecule has 330 valence electrons. The Kier molecular flexibility index (Phi) is 13.2. The highest BCUT2D eigenvalue weighted by molar-refractivity contribution is 7.99. The average molecular weight is 877 g/mol. The van der Waals surface area contributed by atoms with Gasteiger partial charge in [0.05, 0.1) is 35.6 Å². The van der Waals surface area contributed by atoms with E-state index in [9.17, 15) is 19.2 Å². The van der Waals surface area contributed by atoms with E-state index in [2.05, 4.69) is 31.0 Å². The summed E-state index contributed by atoms with van der Waals surface area (Å²) in [5, 5.41) is 18.0. The first-order valence-electron chi connectivity index (χ1n) is 21.4. The number of aryl methyl sites for hydroxylation is 4. The normalized spacial score (nSPS) is 15.2. The Morgan fingerprint density at radius 3 is 1.86 bits per heavy atom. The Balaban J connectivity index is 1.15. The van der Waals surface area contributed by atoms with Crippen LogP contribution in [0.15, 0.2) is 48.6 Å². The number of allylic oxidation sites excluding steroid dienone is 2. The first-order valence-corrected chi connectivity index (χ1v) is 22.5. The van der Waals surface area contributed by atoms with Crippen LogP contribution in [0.3, 0.4) is 0 Å². The van der Waals surface area contributed by atoms with E-state index in [1.165, 1.54) is 0 Å². The minimum atomic E-state index is -0.388. The molecule has 3 amide bonds. The van der Waals surface area contributed by atoms with Crippen molar-refractivity contribution >= 4 is 69.7 Å². The third-order valence-corrected chi connectivity index (χ3v) is 11.9. The van der Waals surface area contributed by atoms with Crippen molar-refractivity contribution in [1.82, 2.24) is 48.9 Å². The van der Waals surface area contributed by atoms with Crippen molar-refractivity contribution < 1.29 is 28.7 Å². The monoisotopic (exact) mass is 876 g/mol. The predicted octanol–water partition coefficient (Wildman–Crippen LogP) is 5.34. The van der Waals surface area contributed by atoms with Gasteiger partial charge < -0.3 is 28.8 Å². The molecule has 4 aromatic heterocycles. The van der Waals surface area contributed by atoms with E-state index in [0.717, 1.165) is 43.8 Å². The van der Waals surface area contributed by atoms with Crippen molar-refractivity contribution in [2.75, 3.05) is 61.5 Å². The van der Waals surface area contributed by atoms with Crippen LogP contribution in [0, 0.1) is 13.8 Å². The van der Waals surface area contributed by atoms with Crippen molar-refractivity contribution in [3.05, 3.63) is 82.5 Å². The van der Waals surface area contributed by atoms with Crippen LogP contribution in [-0.4, -0.2) is 118 Å². The predicted molar refractivity (Wildman–Crippen MR) is 241 cm³/mol. The van der Waals surface area contributed by atoms with Crippen molar-refractivity contribution in [3.8, 4) is 11.5 Å². The highest BCUT2D eigenvalue weighted by atomic mass is 32.2. The topological polar surface area (TPSA) is 197 Å². The van der Waals surface area contributed by atoms with Crippen LogP contribution in [0.4, 0.5) is 11.9 Å². The summed E-state index contributed by atoms with van der Waals surface area (Å²) < 4.78 is 19.7. The van der Waals surface area contributed by atoms with Gasteiger partial charge in [0.1, 0.15) is 40.2 Å². The van der Waals surface area contributed by atoms with Gasteiger partial charge in [0.15, 0.2) is 0 Å². The van der Waals surface area contributed by atoms with Crippen molar-refractivity contribution in [2.45, 2.75) is 66.7 Å². The number of carbonyl (C=O) groups is 4. The van der Waals surface area contributed by atoms with Gasteiger partial charge in [0.2, 0.25) is 11.9 Å². The van der Waals surface area contributed by atoms with Crippen molar-refractivity contribution in [3.63, 3.8) is 0 Å². The lowest BCUT2D eigenvalue weighted by molar-refractivity contribution is 0.0949. The minimum Gasteiger partial charge on any atom is -0.491 e. The number of aromatic nitrogens is 8. The van der Waals surface area contributed by atoms with Gasteiger partial charge in [-0.05, 0) is 77.1 Å². The van der Waals surface area contributed by atoms with Gasteiger partial charge in [-0.1, -0.05) is 12.2 Å². The van der Waals surface area contributed by atoms with Gasteiger partial charge in [-0.2, -0.15) is 22.0 Å². The zero-order valence-electron chi connectivity index (χ0n) is 36.0. The molecule has 6 heterocycles. The fourth-order valence-electron chi connectivity index (χ4n) is 7.93. The Labute approximate surface area is 368 Å². The van der Waals surface area contributed by atoms with E-state index in [1.54, 1.807) is 45.8 Å². The highest BCUT2D eigenvalue weighted by Crippen LogP contribution is 2.34. The second-order valence-corrected chi connectivity index (χ2v) is 16.6. The lowest BCUT2D eigenvalue weighted by atomic mass is 10.1. The van der Waals surface area contributed by atoms with Crippen molar-refractivity contribution in [1.29, 1.82) is 0 Å². The SMILES string of the molecule is CCn1nc(C)cc1C(=O)Nc1nc2cc(C=O)cc3c2n1C/C=C/Cn1c(NC(=O)c2cc(C)nn2CC)nc2cc(C(=O)NCCCN4CCSCC4)cc(c21)OCCCO3. The van der Waals surface area contributed by atoms with E-state index >= 15 is 0 Å². The zero-order valence-corrected chi connectivity index (χ0v) is 36.8. The highest BCUT2D eigenvalue weighted by Gasteiger charge is 2.24. The number of hydrogen-bond donors (Lipinski definition) is 3. The molecule has 0 unspecified atom stereocenters. The number of thioether (sulfide) groups is 1. The number of carbonyl (C=O) groups excluding carboxylic acids is 4. The van der Waals surface area contributed by atoms with Gasteiger partial charge in [-0.25, -0.2) is 9.97 Å². The molecule has 2 aromatic carbocycles. The number of hydrogen-bond acceptors (Lipinski definition) is 12. The number of benzene rings is 2. The maximum atomic E-state index is 13.9. The van der Waals surface area contributed by atoms with E-state index in [-0.39, 0.29) is 55.9 Å². The maximum absolute atomic E-state index is 13.9. The number of imidazole rings is 2. The molecular formula is C44H52N12O6S. The van der Waals surface area contributed by atoms with Gasteiger partial charge in [-0.15, -0.1) is 0 Å². The smallest absolute Gasteiger partial charge is 0.276 e. The summed E-state index contributed by atoms with van der Waals surface area (Å²) in [7, 11) is 0. The molecule has 0 aliphatic carbocycles. The van der Waals surface area contributed by atoms with E-state index < -0.39 is 0 Å². The third-order valence-electron chi connectivity index (χ3n) is 10.9. The second kappa shape index (κ2) is 19.3. The van der Waals surface area contributed by atoms with Crippen molar-refractivity contribution in [2.24, 2.45) is 0 Å². The Morgan fingerprint density at radius 1 is 0.746 bits per heavy atom. The molecule has 1 fully saturated rings. The van der Waals surface area contributed by atoms with E-state index in [0.29, 0.717) is 93.5 Å². The number of aldehydes is 1. The Hall–Kier alpha value is -6.47. The molecule has 19 heteroatoms. The van der Waals surface area contributed by atoms with Crippen LogP contribution in [0.2, 0.25) is 0 Å². The summed E-state index contributed by atoms with van der Waals surface area (Å²) in [6.45, 7) is 12.9. The van der Waals surface area contributed by atoms with Gasteiger partial charge in [0.25, 0.3) is 17.7 Å². The molecule has 2 aliphatic rings. The summed E-state index contributed by atoms with van der Waals surface area (Å²) in [5.41, 5.74) is 5.04. The fraction of sp³-hybridized carbons (Fsp3) is 0.409. The molecule has 0 saturated carbocycles. The molecule has 2 aliphatic heterocycles. The molecule has 0 bridgehead atoms. The van der Waals surface area contributed by atoms with Crippen LogP contribution in [-0.2, 0) is 26.2 Å². The van der Waals surface area contributed by atoms with E-state index in [4.69, 9.17) is 19.4 Å². The van der Waals surface area contributed by atoms with Gasteiger partial charge >= 0.3 is 0 Å². The third kappa shape index (κ3) is 9.48. The number of rotatable bonds is 12. The number of nitrogens with one attached hydrogen (secondary N) is 3. The van der Waals surface area contributed by atoms with Crippen LogP contribution < -0.4 is 25.4 Å². The van der Waals surface area contributed by atoms with Crippen LogP contribution in [0.5, 0.6) is 11.5 Å². The second-order valence-electron chi connectivity index (χ2n) is 15.4. The first-order chi connectivity index (χ1) is 30.6. The summed E-state index contributed by atoms with van der Waals surface area (Å²) in [5.74, 6) is 2.58. The lowest BCUT2D eigenvalue weighted by Crippen LogP contribution is -2.35. The fourth-order valence-corrected chi connectivity index (χ4v) is 8.91. The van der Waals surface area contributed by atoms with E-state index in [1.807, 2.05) is 60.7 Å². The largest absolute Gasteiger partial charge is 0.491 e. The van der Waals surface area contributed by atoms with Gasteiger partial charge in [0, 0.05) is 74.9 Å². The molecule has 0 spiro atoms.